The second-order valence-corrected chi connectivity index (χ2v) is 9.42. The van der Waals surface area contributed by atoms with E-state index in [0.29, 0.717) is 23.7 Å². The molecule has 1 aliphatic rings. The summed E-state index contributed by atoms with van der Waals surface area (Å²) in [6.45, 7) is 4.53. The van der Waals surface area contributed by atoms with Gasteiger partial charge in [-0.05, 0) is 56.7 Å². The van der Waals surface area contributed by atoms with Crippen molar-refractivity contribution in [1.29, 1.82) is 0 Å². The molecule has 2 aromatic carbocycles. The number of carboxylic acids is 1. The van der Waals surface area contributed by atoms with Gasteiger partial charge in [-0.25, -0.2) is 4.39 Å². The van der Waals surface area contributed by atoms with Crippen LogP contribution in [0.1, 0.15) is 67.5 Å². The lowest BCUT2D eigenvalue weighted by atomic mass is 10.0. The highest BCUT2D eigenvalue weighted by atomic mass is 19.1. The Hall–Kier alpha value is -3.68. The van der Waals surface area contributed by atoms with Crippen LogP contribution in [0.5, 0.6) is 0 Å². The third kappa shape index (κ3) is 5.70. The molecule has 1 atom stereocenters. The number of nitrogens with one attached hydrogen (secondary N) is 2. The Labute approximate surface area is 203 Å². The van der Waals surface area contributed by atoms with Crippen molar-refractivity contribution >= 4 is 28.5 Å². The molecule has 184 valence electrons. The minimum atomic E-state index is -0.977. The van der Waals surface area contributed by atoms with Gasteiger partial charge in [0.2, 0.25) is 5.43 Å². The normalized spacial score (nSPS) is 14.2. The summed E-state index contributed by atoms with van der Waals surface area (Å²) in [5.41, 5.74) is 0.956. The molecule has 1 aromatic heterocycles. The topological polar surface area (TPSA) is 100 Å². The van der Waals surface area contributed by atoms with Crippen molar-refractivity contribution in [2.75, 3.05) is 11.9 Å². The molecule has 3 aromatic rings. The number of carboxylic acid groups (broad SMARTS) is 1. The zero-order valence-corrected chi connectivity index (χ0v) is 19.9. The quantitative estimate of drug-likeness (QED) is 0.385. The van der Waals surface area contributed by atoms with Crippen LogP contribution in [0.4, 0.5) is 10.1 Å². The number of anilines is 1. The van der Waals surface area contributed by atoms with E-state index in [1.807, 2.05) is 19.9 Å². The molecule has 35 heavy (non-hydrogen) atoms. The first kappa shape index (κ1) is 24.4. The Balaban J connectivity index is 1.71. The predicted octanol–water partition coefficient (Wildman–Crippen LogP) is 4.88. The van der Waals surface area contributed by atoms with Gasteiger partial charge < -0.3 is 20.3 Å². The lowest BCUT2D eigenvalue weighted by Gasteiger charge is -2.21. The van der Waals surface area contributed by atoms with E-state index in [2.05, 4.69) is 10.6 Å². The SMILES string of the molecule is CC(C)n1cc(C(=O)N[C@@H](CCC(=O)O)c2ccccc2)c(=O)c2cc(F)c(NCC3CC3)cc21. The fraction of sp³-hybridized carbons (Fsp3) is 0.370. The third-order valence-corrected chi connectivity index (χ3v) is 6.35. The third-order valence-electron chi connectivity index (χ3n) is 6.35. The van der Waals surface area contributed by atoms with Crippen LogP contribution in [0.15, 0.2) is 53.5 Å². The summed E-state index contributed by atoms with van der Waals surface area (Å²) in [6, 6.07) is 11.2. The molecule has 0 aliphatic heterocycles. The van der Waals surface area contributed by atoms with Crippen LogP contribution < -0.4 is 16.1 Å². The fourth-order valence-corrected chi connectivity index (χ4v) is 4.18. The van der Waals surface area contributed by atoms with Gasteiger partial charge in [-0.2, -0.15) is 0 Å². The summed E-state index contributed by atoms with van der Waals surface area (Å²) in [5.74, 6) is -1.58. The van der Waals surface area contributed by atoms with Crippen molar-refractivity contribution in [1.82, 2.24) is 9.88 Å². The Kier molecular flexibility index (Phi) is 7.19. The van der Waals surface area contributed by atoms with Gasteiger partial charge in [0.05, 0.1) is 17.2 Å². The number of hydrogen-bond donors (Lipinski definition) is 3. The molecule has 1 heterocycles. The van der Waals surface area contributed by atoms with E-state index < -0.39 is 29.2 Å². The highest BCUT2D eigenvalue weighted by molar-refractivity contribution is 5.98. The number of aliphatic carboxylic acids is 1. The molecule has 8 heteroatoms. The van der Waals surface area contributed by atoms with Crippen LogP contribution in [0.3, 0.4) is 0 Å². The first-order chi connectivity index (χ1) is 16.7. The first-order valence-electron chi connectivity index (χ1n) is 11.9. The zero-order valence-electron chi connectivity index (χ0n) is 19.9. The molecule has 4 rings (SSSR count). The van der Waals surface area contributed by atoms with Gasteiger partial charge in [-0.15, -0.1) is 0 Å². The van der Waals surface area contributed by atoms with E-state index in [0.717, 1.165) is 18.4 Å². The van der Waals surface area contributed by atoms with Gasteiger partial charge in [0, 0.05) is 30.6 Å². The summed E-state index contributed by atoms with van der Waals surface area (Å²) < 4.78 is 16.7. The average molecular weight is 480 g/mol. The summed E-state index contributed by atoms with van der Waals surface area (Å²) in [6.07, 6.45) is 3.80. The molecule has 3 N–H and O–H groups in total. The van der Waals surface area contributed by atoms with Crippen molar-refractivity contribution in [3.63, 3.8) is 0 Å². The average Bonchev–Trinajstić information content (AvgIpc) is 3.65. The maximum atomic E-state index is 14.9. The number of carbonyl (C=O) groups excluding carboxylic acids is 1. The van der Waals surface area contributed by atoms with E-state index in [1.165, 1.54) is 12.3 Å². The van der Waals surface area contributed by atoms with Crippen LogP contribution >= 0.6 is 0 Å². The first-order valence-corrected chi connectivity index (χ1v) is 11.9. The predicted molar refractivity (Wildman–Crippen MR) is 133 cm³/mol. The molecular formula is C27H30FN3O4. The Morgan fingerprint density at radius 3 is 2.51 bits per heavy atom. The Bertz CT molecular complexity index is 1300. The van der Waals surface area contributed by atoms with Gasteiger partial charge in [0.25, 0.3) is 5.91 Å². The van der Waals surface area contributed by atoms with E-state index in [9.17, 15) is 18.8 Å². The van der Waals surface area contributed by atoms with Gasteiger partial charge in [0.1, 0.15) is 11.4 Å². The van der Waals surface area contributed by atoms with Crippen LogP contribution in [-0.4, -0.2) is 28.1 Å². The zero-order chi connectivity index (χ0) is 25.1. The van der Waals surface area contributed by atoms with E-state index in [4.69, 9.17) is 5.11 Å². The molecule has 1 aliphatic carbocycles. The van der Waals surface area contributed by atoms with Crippen molar-refractivity contribution in [3.05, 3.63) is 75.8 Å². The van der Waals surface area contributed by atoms with Crippen molar-refractivity contribution < 1.29 is 19.1 Å². The minimum Gasteiger partial charge on any atom is -0.481 e. The molecule has 7 nitrogen and oxygen atoms in total. The largest absolute Gasteiger partial charge is 0.481 e. The standard InChI is InChI=1S/C27H30FN3O4/c1-16(2)31-15-20(27(35)30-22(10-11-25(32)33)18-6-4-3-5-7-18)26(34)19-12-21(28)23(13-24(19)31)29-14-17-8-9-17/h3-7,12-13,15-17,22,29H,8-11,14H2,1-2H3,(H,30,35)(H,32,33)/t22-/m0/s1. The second kappa shape index (κ2) is 10.3. The highest BCUT2D eigenvalue weighted by Gasteiger charge is 2.24. The van der Waals surface area contributed by atoms with Crippen LogP contribution in [-0.2, 0) is 4.79 Å². The fourth-order valence-electron chi connectivity index (χ4n) is 4.18. The molecule has 1 saturated carbocycles. The number of hydrogen-bond acceptors (Lipinski definition) is 4. The van der Waals surface area contributed by atoms with Crippen molar-refractivity contribution in [3.8, 4) is 0 Å². The molecule has 0 radical (unpaired) electrons. The number of amides is 1. The monoisotopic (exact) mass is 479 g/mol. The van der Waals surface area contributed by atoms with Gasteiger partial charge in [-0.1, -0.05) is 30.3 Å². The molecular weight excluding hydrogens is 449 g/mol. The summed E-state index contributed by atoms with van der Waals surface area (Å²) >= 11 is 0. The molecule has 0 unspecified atom stereocenters. The number of carbonyl (C=O) groups is 2. The maximum Gasteiger partial charge on any atom is 0.303 e. The van der Waals surface area contributed by atoms with Crippen LogP contribution in [0.2, 0.25) is 0 Å². The molecule has 1 fully saturated rings. The molecule has 0 spiro atoms. The highest BCUT2D eigenvalue weighted by Crippen LogP contribution is 2.30. The number of fused-ring (bicyclic) bond motifs is 1. The smallest absolute Gasteiger partial charge is 0.303 e. The van der Waals surface area contributed by atoms with Crippen molar-refractivity contribution in [2.24, 2.45) is 5.92 Å². The van der Waals surface area contributed by atoms with Gasteiger partial charge in [-0.3, -0.25) is 14.4 Å². The van der Waals surface area contributed by atoms with Crippen LogP contribution in [0, 0.1) is 11.7 Å². The summed E-state index contributed by atoms with van der Waals surface area (Å²) in [5, 5.41) is 15.2. The number of halogens is 1. The lowest BCUT2D eigenvalue weighted by molar-refractivity contribution is -0.137. The van der Waals surface area contributed by atoms with Crippen molar-refractivity contribution in [2.45, 2.75) is 51.6 Å². The molecule has 0 bridgehead atoms. The molecule has 1 amide bonds. The number of benzene rings is 2. The Morgan fingerprint density at radius 2 is 1.89 bits per heavy atom. The van der Waals surface area contributed by atoms with Gasteiger partial charge in [0.15, 0.2) is 0 Å². The Morgan fingerprint density at radius 1 is 1.17 bits per heavy atom. The summed E-state index contributed by atoms with van der Waals surface area (Å²) in [4.78, 5) is 37.7. The lowest BCUT2D eigenvalue weighted by Crippen LogP contribution is -2.33. The second-order valence-electron chi connectivity index (χ2n) is 9.42. The van der Waals surface area contributed by atoms with Gasteiger partial charge >= 0.3 is 5.97 Å². The summed E-state index contributed by atoms with van der Waals surface area (Å²) in [7, 11) is 0. The number of pyridine rings is 1. The number of rotatable bonds is 10. The van der Waals surface area contributed by atoms with E-state index in [-0.39, 0.29) is 29.8 Å². The van der Waals surface area contributed by atoms with E-state index >= 15 is 0 Å². The molecule has 0 saturated heterocycles. The number of aromatic nitrogens is 1. The van der Waals surface area contributed by atoms with Crippen LogP contribution in [0.25, 0.3) is 10.9 Å². The number of nitrogens with zero attached hydrogens (tertiary/aromatic N) is 1. The minimum absolute atomic E-state index is 0.0941. The maximum absolute atomic E-state index is 14.9. The van der Waals surface area contributed by atoms with E-state index in [1.54, 1.807) is 34.9 Å².